The maximum absolute atomic E-state index is 5.52. The van der Waals surface area contributed by atoms with E-state index in [2.05, 4.69) is 59.9 Å². The molecule has 0 aliphatic heterocycles. The van der Waals surface area contributed by atoms with Crippen molar-refractivity contribution in [3.8, 4) is 5.75 Å². The molecule has 0 saturated carbocycles. The Balaban J connectivity index is 1.70. The summed E-state index contributed by atoms with van der Waals surface area (Å²) in [6, 6.07) is 16.4. The number of benzene rings is 2. The van der Waals surface area contributed by atoms with E-state index in [1.54, 1.807) is 7.11 Å². The van der Waals surface area contributed by atoms with Crippen molar-refractivity contribution in [3.63, 3.8) is 0 Å². The summed E-state index contributed by atoms with van der Waals surface area (Å²) in [6.07, 6.45) is 0. The quantitative estimate of drug-likeness (QED) is 0.528. The Morgan fingerprint density at radius 1 is 1.10 bits per heavy atom. The lowest BCUT2D eigenvalue weighted by Gasteiger charge is -2.12. The molecule has 29 heavy (non-hydrogen) atoms. The van der Waals surface area contributed by atoms with Gasteiger partial charge < -0.3 is 15.4 Å². The third-order valence-corrected chi connectivity index (χ3v) is 5.13. The molecule has 2 aromatic carbocycles. The van der Waals surface area contributed by atoms with Crippen LogP contribution in [0.2, 0.25) is 0 Å². The summed E-state index contributed by atoms with van der Waals surface area (Å²) in [5, 5.41) is 11.8. The molecule has 1 aromatic heterocycles. The number of hydrogen-bond acceptors (Lipinski definition) is 3. The van der Waals surface area contributed by atoms with Crippen LogP contribution in [0.3, 0.4) is 0 Å². The molecular weight excluding hydrogens is 380 g/mol. The maximum atomic E-state index is 5.52. The van der Waals surface area contributed by atoms with Crippen LogP contribution in [0.15, 0.2) is 48.5 Å². The second kappa shape index (κ2) is 9.09. The minimum atomic E-state index is 0.509. The second-order valence-electron chi connectivity index (χ2n) is 7.41. The summed E-state index contributed by atoms with van der Waals surface area (Å²) in [5.74, 6) is 1.35. The van der Waals surface area contributed by atoms with E-state index in [0.717, 1.165) is 34.1 Å². The molecule has 0 radical (unpaired) electrons. The fraction of sp³-hybridized carbons (Fsp3) is 0.304. The van der Waals surface area contributed by atoms with Gasteiger partial charge in [0.2, 0.25) is 0 Å². The normalized spacial score (nSPS) is 10.8. The molecule has 5 nitrogen and oxygen atoms in total. The van der Waals surface area contributed by atoms with Gasteiger partial charge in [-0.3, -0.25) is 4.68 Å². The van der Waals surface area contributed by atoms with Crippen LogP contribution < -0.4 is 15.4 Å². The maximum Gasteiger partial charge on any atom is 0.175 e. The van der Waals surface area contributed by atoms with Gasteiger partial charge in [0.05, 0.1) is 30.7 Å². The van der Waals surface area contributed by atoms with E-state index in [1.807, 2.05) is 36.7 Å². The Morgan fingerprint density at radius 3 is 2.48 bits per heavy atom. The molecule has 0 bridgehead atoms. The predicted molar refractivity (Wildman–Crippen MR) is 124 cm³/mol. The summed E-state index contributed by atoms with van der Waals surface area (Å²) >= 11 is 5.52. The number of ether oxygens (including phenoxy) is 1. The van der Waals surface area contributed by atoms with E-state index < -0.39 is 0 Å². The lowest BCUT2D eigenvalue weighted by Crippen LogP contribution is -2.20. The van der Waals surface area contributed by atoms with Gasteiger partial charge in [-0.05, 0) is 67.4 Å². The highest BCUT2D eigenvalue weighted by atomic mass is 32.1. The molecule has 2 N–H and O–H groups in total. The van der Waals surface area contributed by atoms with E-state index in [4.69, 9.17) is 17.0 Å². The van der Waals surface area contributed by atoms with Crippen molar-refractivity contribution in [1.29, 1.82) is 0 Å². The average Bonchev–Trinajstić information content (AvgIpc) is 2.96. The van der Waals surface area contributed by atoms with Crippen LogP contribution in [0.25, 0.3) is 0 Å². The largest absolute Gasteiger partial charge is 0.497 e. The molecule has 152 valence electrons. The number of aromatic nitrogens is 2. The zero-order valence-electron chi connectivity index (χ0n) is 17.6. The van der Waals surface area contributed by atoms with Gasteiger partial charge in [-0.25, -0.2) is 0 Å². The molecule has 6 heteroatoms. The summed E-state index contributed by atoms with van der Waals surface area (Å²) in [7, 11) is 1.68. The van der Waals surface area contributed by atoms with Gasteiger partial charge in [0.15, 0.2) is 5.11 Å². The van der Waals surface area contributed by atoms with Gasteiger partial charge in [-0.15, -0.1) is 0 Å². The molecular formula is C23H28N4OS. The highest BCUT2D eigenvalue weighted by Gasteiger charge is 2.13. The van der Waals surface area contributed by atoms with Crippen LogP contribution in [-0.4, -0.2) is 22.0 Å². The molecule has 0 spiro atoms. The summed E-state index contributed by atoms with van der Waals surface area (Å²) in [4.78, 5) is 0. The van der Waals surface area contributed by atoms with Crippen LogP contribution >= 0.6 is 12.2 Å². The number of thiocarbonyl (C=S) groups is 1. The molecule has 0 atom stereocenters. The number of aryl methyl sites for hydroxylation is 1. The molecule has 0 unspecified atom stereocenters. The van der Waals surface area contributed by atoms with E-state index in [0.29, 0.717) is 17.6 Å². The number of anilines is 2. The van der Waals surface area contributed by atoms with Crippen LogP contribution in [0.4, 0.5) is 11.4 Å². The summed E-state index contributed by atoms with van der Waals surface area (Å²) in [5.41, 5.74) is 6.27. The minimum absolute atomic E-state index is 0.509. The molecule has 3 rings (SSSR count). The Hall–Kier alpha value is -2.86. The van der Waals surface area contributed by atoms with Crippen molar-refractivity contribution in [2.45, 2.75) is 40.2 Å². The Labute approximate surface area is 178 Å². The van der Waals surface area contributed by atoms with Gasteiger partial charge in [0, 0.05) is 5.69 Å². The number of nitrogens with one attached hydrogen (secondary N) is 2. The Bertz CT molecular complexity index is 993. The third kappa shape index (κ3) is 5.15. The number of hydrogen-bond donors (Lipinski definition) is 2. The molecule has 0 aliphatic carbocycles. The first kappa shape index (κ1) is 20.9. The Morgan fingerprint density at radius 2 is 1.83 bits per heavy atom. The van der Waals surface area contributed by atoms with Crippen LogP contribution in [0, 0.1) is 13.8 Å². The van der Waals surface area contributed by atoms with E-state index in [1.165, 1.54) is 5.56 Å². The summed E-state index contributed by atoms with van der Waals surface area (Å²) < 4.78 is 7.29. The number of nitrogens with zero attached hydrogens (tertiary/aromatic N) is 2. The van der Waals surface area contributed by atoms with Crippen molar-refractivity contribution in [2.75, 3.05) is 17.7 Å². The average molecular weight is 409 g/mol. The van der Waals surface area contributed by atoms with Crippen LogP contribution in [0.1, 0.15) is 42.3 Å². The first-order valence-corrected chi connectivity index (χ1v) is 10.1. The monoisotopic (exact) mass is 408 g/mol. The standard InChI is InChI=1S/C23H28N4OS/c1-15(2)19-9-11-20(12-10-19)24-23(29)25-22-16(3)26-27(17(22)4)14-18-7-6-8-21(13-18)28-5/h6-13,15H,14H2,1-5H3,(H2,24,25,29). The first-order valence-electron chi connectivity index (χ1n) is 9.72. The second-order valence-corrected chi connectivity index (χ2v) is 7.82. The number of methoxy groups -OCH3 is 1. The molecule has 0 fully saturated rings. The molecule has 0 saturated heterocycles. The van der Waals surface area contributed by atoms with Gasteiger partial charge in [0.25, 0.3) is 0 Å². The van der Waals surface area contributed by atoms with Crippen molar-refractivity contribution < 1.29 is 4.74 Å². The van der Waals surface area contributed by atoms with E-state index >= 15 is 0 Å². The predicted octanol–water partition coefficient (Wildman–Crippen LogP) is 5.49. The molecule has 1 heterocycles. The molecule has 0 aliphatic rings. The zero-order valence-corrected chi connectivity index (χ0v) is 18.4. The SMILES string of the molecule is COc1cccc(Cn2nc(C)c(NC(=S)Nc3ccc(C(C)C)cc3)c2C)c1. The van der Waals surface area contributed by atoms with Crippen molar-refractivity contribution in [2.24, 2.45) is 0 Å². The van der Waals surface area contributed by atoms with Crippen molar-refractivity contribution in [3.05, 3.63) is 71.0 Å². The van der Waals surface area contributed by atoms with Gasteiger partial charge in [0.1, 0.15) is 5.75 Å². The van der Waals surface area contributed by atoms with Crippen molar-refractivity contribution >= 4 is 28.7 Å². The fourth-order valence-electron chi connectivity index (χ4n) is 3.20. The van der Waals surface area contributed by atoms with E-state index in [9.17, 15) is 0 Å². The van der Waals surface area contributed by atoms with Crippen LogP contribution in [-0.2, 0) is 6.54 Å². The highest BCUT2D eigenvalue weighted by molar-refractivity contribution is 7.80. The first-order chi connectivity index (χ1) is 13.9. The van der Waals surface area contributed by atoms with E-state index in [-0.39, 0.29) is 0 Å². The lowest BCUT2D eigenvalue weighted by molar-refractivity contribution is 0.414. The van der Waals surface area contributed by atoms with Crippen molar-refractivity contribution in [1.82, 2.24) is 9.78 Å². The Kier molecular flexibility index (Phi) is 6.54. The summed E-state index contributed by atoms with van der Waals surface area (Å²) in [6.45, 7) is 9.06. The zero-order chi connectivity index (χ0) is 21.0. The molecule has 0 amide bonds. The van der Waals surface area contributed by atoms with Gasteiger partial charge in [-0.1, -0.05) is 38.1 Å². The smallest absolute Gasteiger partial charge is 0.175 e. The topological polar surface area (TPSA) is 51.1 Å². The highest BCUT2D eigenvalue weighted by Crippen LogP contribution is 2.22. The van der Waals surface area contributed by atoms with Gasteiger partial charge in [-0.2, -0.15) is 5.10 Å². The third-order valence-electron chi connectivity index (χ3n) is 4.92. The number of rotatable bonds is 6. The fourth-order valence-corrected chi connectivity index (χ4v) is 3.42. The van der Waals surface area contributed by atoms with Crippen LogP contribution in [0.5, 0.6) is 5.75 Å². The van der Waals surface area contributed by atoms with Gasteiger partial charge >= 0.3 is 0 Å². The molecule has 3 aromatic rings. The minimum Gasteiger partial charge on any atom is -0.497 e. The lowest BCUT2D eigenvalue weighted by atomic mass is 10.0.